The molecule has 4 nitrogen and oxygen atoms in total. The van der Waals surface area contributed by atoms with Gasteiger partial charge in [0.15, 0.2) is 5.75 Å². The number of aryl methyl sites for hydroxylation is 2. The van der Waals surface area contributed by atoms with Gasteiger partial charge in [-0.25, -0.2) is 8.42 Å². The summed E-state index contributed by atoms with van der Waals surface area (Å²) in [6.45, 7) is 3.70. The lowest BCUT2D eigenvalue weighted by Crippen LogP contribution is -2.13. The van der Waals surface area contributed by atoms with Crippen LogP contribution in [0.3, 0.4) is 0 Å². The van der Waals surface area contributed by atoms with Crippen molar-refractivity contribution in [2.45, 2.75) is 18.7 Å². The van der Waals surface area contributed by atoms with Crippen LogP contribution in [0.25, 0.3) is 0 Å². The van der Waals surface area contributed by atoms with E-state index in [4.69, 9.17) is 0 Å². The van der Waals surface area contributed by atoms with Gasteiger partial charge >= 0.3 is 0 Å². The van der Waals surface area contributed by atoms with E-state index in [2.05, 4.69) is 20.7 Å². The Morgan fingerprint density at radius 3 is 2.25 bits per heavy atom. The Morgan fingerprint density at radius 1 is 1.05 bits per heavy atom. The van der Waals surface area contributed by atoms with Crippen LogP contribution >= 0.6 is 15.9 Å². The van der Waals surface area contributed by atoms with Gasteiger partial charge in [-0.15, -0.1) is 0 Å². The summed E-state index contributed by atoms with van der Waals surface area (Å²) in [5.74, 6) is -0.133. The van der Waals surface area contributed by atoms with Crippen molar-refractivity contribution in [2.24, 2.45) is 0 Å². The smallest absolute Gasteiger partial charge is 0.262 e. The number of halogens is 1. The summed E-state index contributed by atoms with van der Waals surface area (Å²) < 4.78 is 27.3. The molecule has 0 spiro atoms. The molecule has 2 N–H and O–H groups in total. The van der Waals surface area contributed by atoms with Gasteiger partial charge in [0.25, 0.3) is 10.0 Å². The van der Waals surface area contributed by atoms with Crippen molar-refractivity contribution in [2.75, 3.05) is 4.72 Å². The Kier molecular flexibility index (Phi) is 4.06. The summed E-state index contributed by atoms with van der Waals surface area (Å²) in [6.07, 6.45) is 0. The van der Waals surface area contributed by atoms with Crippen LogP contribution in [0.15, 0.2) is 45.8 Å². The average Bonchev–Trinajstić information content (AvgIpc) is 2.35. The lowest BCUT2D eigenvalue weighted by molar-refractivity contribution is 0.474. The standard InChI is InChI=1S/C14H14BrNO3S/c1-9-3-5-11(6-4-9)20(18,19)16-13-8-10(2)7-12(15)14(13)17/h3-8,16-17H,1-2H3. The number of anilines is 1. The second-order valence-corrected chi connectivity index (χ2v) is 7.10. The second-order valence-electron chi connectivity index (χ2n) is 4.56. The molecule has 0 saturated carbocycles. The maximum Gasteiger partial charge on any atom is 0.262 e. The predicted octanol–water partition coefficient (Wildman–Crippen LogP) is 3.57. The summed E-state index contributed by atoms with van der Waals surface area (Å²) in [5, 5.41) is 9.90. The Hall–Kier alpha value is -1.53. The molecule has 0 aliphatic rings. The van der Waals surface area contributed by atoms with E-state index in [1.807, 2.05) is 13.8 Å². The summed E-state index contributed by atoms with van der Waals surface area (Å²) in [4.78, 5) is 0.153. The Labute approximate surface area is 126 Å². The molecule has 0 aliphatic heterocycles. The van der Waals surface area contributed by atoms with E-state index in [-0.39, 0.29) is 16.3 Å². The van der Waals surface area contributed by atoms with E-state index in [9.17, 15) is 13.5 Å². The molecule has 0 radical (unpaired) electrons. The van der Waals surface area contributed by atoms with Crippen molar-refractivity contribution < 1.29 is 13.5 Å². The summed E-state index contributed by atoms with van der Waals surface area (Å²) in [6, 6.07) is 9.78. The van der Waals surface area contributed by atoms with E-state index in [1.54, 1.807) is 24.3 Å². The number of aromatic hydroxyl groups is 1. The molecular formula is C14H14BrNO3S. The topological polar surface area (TPSA) is 66.4 Å². The monoisotopic (exact) mass is 355 g/mol. The van der Waals surface area contributed by atoms with Crippen molar-refractivity contribution in [3.63, 3.8) is 0 Å². The first-order valence-corrected chi connectivity index (χ1v) is 8.16. The van der Waals surface area contributed by atoms with Gasteiger partial charge in [0, 0.05) is 0 Å². The molecule has 2 aromatic rings. The van der Waals surface area contributed by atoms with Crippen molar-refractivity contribution >= 4 is 31.6 Å². The van der Waals surface area contributed by atoms with Crippen LogP contribution < -0.4 is 4.72 Å². The maximum atomic E-state index is 12.3. The first-order valence-electron chi connectivity index (χ1n) is 5.88. The second kappa shape index (κ2) is 5.46. The first kappa shape index (κ1) is 14.9. The Balaban J connectivity index is 2.41. The number of hydrogen-bond acceptors (Lipinski definition) is 3. The number of sulfonamides is 1. The third kappa shape index (κ3) is 3.13. The lowest BCUT2D eigenvalue weighted by atomic mass is 10.2. The minimum absolute atomic E-state index is 0.133. The molecular weight excluding hydrogens is 342 g/mol. The number of phenolic OH excluding ortho intramolecular Hbond substituents is 1. The maximum absolute atomic E-state index is 12.3. The van der Waals surface area contributed by atoms with Gasteiger partial charge < -0.3 is 5.11 Å². The van der Waals surface area contributed by atoms with Gasteiger partial charge in [-0.1, -0.05) is 17.7 Å². The fourth-order valence-electron chi connectivity index (χ4n) is 1.73. The molecule has 0 bridgehead atoms. The van der Waals surface area contributed by atoms with Crippen LogP contribution in [-0.2, 0) is 10.0 Å². The van der Waals surface area contributed by atoms with Gasteiger partial charge in [-0.2, -0.15) is 0 Å². The number of rotatable bonds is 3. The predicted molar refractivity (Wildman–Crippen MR) is 82.5 cm³/mol. The minimum Gasteiger partial charge on any atom is -0.505 e. The van der Waals surface area contributed by atoms with Gasteiger partial charge in [-0.3, -0.25) is 4.72 Å². The third-order valence-electron chi connectivity index (χ3n) is 2.78. The zero-order valence-electron chi connectivity index (χ0n) is 11.0. The zero-order valence-corrected chi connectivity index (χ0v) is 13.4. The van der Waals surface area contributed by atoms with Crippen LogP contribution in [0.5, 0.6) is 5.75 Å². The molecule has 0 amide bonds. The van der Waals surface area contributed by atoms with Crippen LogP contribution in [0.2, 0.25) is 0 Å². The van der Waals surface area contributed by atoms with Gasteiger partial charge in [0.05, 0.1) is 15.1 Å². The molecule has 0 aliphatic carbocycles. The molecule has 0 atom stereocenters. The summed E-state index contributed by atoms with van der Waals surface area (Å²) in [5.41, 5.74) is 1.96. The fraction of sp³-hybridized carbons (Fsp3) is 0.143. The normalized spacial score (nSPS) is 11.3. The largest absolute Gasteiger partial charge is 0.505 e. The quantitative estimate of drug-likeness (QED) is 0.827. The SMILES string of the molecule is Cc1ccc(S(=O)(=O)Nc2cc(C)cc(Br)c2O)cc1. The van der Waals surface area contributed by atoms with Gasteiger partial charge in [-0.05, 0) is 59.6 Å². The number of benzene rings is 2. The number of phenols is 1. The lowest BCUT2D eigenvalue weighted by Gasteiger charge is -2.11. The molecule has 6 heteroatoms. The highest BCUT2D eigenvalue weighted by Gasteiger charge is 2.17. The third-order valence-corrected chi connectivity index (χ3v) is 4.77. The van der Waals surface area contributed by atoms with Crippen molar-refractivity contribution in [3.05, 3.63) is 52.0 Å². The van der Waals surface area contributed by atoms with Crippen molar-refractivity contribution in [1.82, 2.24) is 0 Å². The van der Waals surface area contributed by atoms with E-state index < -0.39 is 10.0 Å². The molecule has 0 unspecified atom stereocenters. The van der Waals surface area contributed by atoms with Crippen molar-refractivity contribution in [1.29, 1.82) is 0 Å². The Morgan fingerprint density at radius 2 is 1.65 bits per heavy atom. The molecule has 20 heavy (non-hydrogen) atoms. The van der Waals surface area contributed by atoms with Gasteiger partial charge in [0.2, 0.25) is 0 Å². The average molecular weight is 356 g/mol. The molecule has 0 fully saturated rings. The van der Waals surface area contributed by atoms with E-state index >= 15 is 0 Å². The van der Waals surface area contributed by atoms with Crippen LogP contribution in [0.1, 0.15) is 11.1 Å². The zero-order chi connectivity index (χ0) is 14.9. The van der Waals surface area contributed by atoms with E-state index in [0.29, 0.717) is 4.47 Å². The number of nitrogens with one attached hydrogen (secondary N) is 1. The molecule has 0 heterocycles. The Bertz CT molecular complexity index is 740. The van der Waals surface area contributed by atoms with Crippen LogP contribution in [0, 0.1) is 13.8 Å². The molecule has 0 aromatic heterocycles. The van der Waals surface area contributed by atoms with Crippen molar-refractivity contribution in [3.8, 4) is 5.75 Å². The molecule has 2 rings (SSSR count). The fourth-order valence-corrected chi connectivity index (χ4v) is 3.37. The van der Waals surface area contributed by atoms with Crippen LogP contribution in [-0.4, -0.2) is 13.5 Å². The minimum atomic E-state index is -3.72. The summed E-state index contributed by atoms with van der Waals surface area (Å²) >= 11 is 3.19. The summed E-state index contributed by atoms with van der Waals surface area (Å²) in [7, 11) is -3.72. The van der Waals surface area contributed by atoms with E-state index in [1.165, 1.54) is 12.1 Å². The molecule has 106 valence electrons. The first-order chi connectivity index (χ1) is 9.29. The molecule has 0 saturated heterocycles. The molecule has 2 aromatic carbocycles. The number of hydrogen-bond donors (Lipinski definition) is 2. The van der Waals surface area contributed by atoms with E-state index in [0.717, 1.165) is 11.1 Å². The van der Waals surface area contributed by atoms with Crippen LogP contribution in [0.4, 0.5) is 5.69 Å². The highest BCUT2D eigenvalue weighted by atomic mass is 79.9. The highest BCUT2D eigenvalue weighted by Crippen LogP contribution is 2.34. The van der Waals surface area contributed by atoms with Gasteiger partial charge in [0.1, 0.15) is 0 Å². The highest BCUT2D eigenvalue weighted by molar-refractivity contribution is 9.10.